The third kappa shape index (κ3) is 3.02. The molecule has 0 aliphatic carbocycles. The van der Waals surface area contributed by atoms with E-state index < -0.39 is 0 Å². The predicted octanol–water partition coefficient (Wildman–Crippen LogP) is 4.31. The molecule has 1 N–H and O–H groups in total. The first kappa shape index (κ1) is 16.5. The summed E-state index contributed by atoms with van der Waals surface area (Å²) in [6.07, 6.45) is 1.87. The first-order valence-electron chi connectivity index (χ1n) is 8.52. The van der Waals surface area contributed by atoms with E-state index in [9.17, 15) is 4.79 Å². The average Bonchev–Trinajstić information content (AvgIpc) is 3.39. The average molecular weight is 373 g/mol. The van der Waals surface area contributed by atoms with Crippen molar-refractivity contribution in [3.63, 3.8) is 0 Å². The molecule has 1 aliphatic rings. The van der Waals surface area contributed by atoms with Crippen molar-refractivity contribution in [3.8, 4) is 9.88 Å². The van der Waals surface area contributed by atoms with Crippen LogP contribution in [-0.2, 0) is 13.0 Å². The summed E-state index contributed by atoms with van der Waals surface area (Å²) in [7, 11) is 0. The summed E-state index contributed by atoms with van der Waals surface area (Å²) >= 11 is 3.18. The highest BCUT2D eigenvalue weighted by Crippen LogP contribution is 2.30. The first-order chi connectivity index (χ1) is 12.2. The molecule has 130 valence electrons. The highest BCUT2D eigenvalue weighted by Gasteiger charge is 2.28. The van der Waals surface area contributed by atoms with Gasteiger partial charge >= 0.3 is 0 Å². The number of aromatic nitrogens is 3. The standard InChI is InChI=1S/C18H20N4OS2/c1-3-11(2)16-12-9-22(7-6-13(12)20-21-16)18(23)14-10-25-17(19-14)15-5-4-8-24-15/h4-5,8,10-11H,3,6-7,9H2,1-2H3,(H,20,21). The summed E-state index contributed by atoms with van der Waals surface area (Å²) in [6.45, 7) is 5.68. The number of aromatic amines is 1. The molecule has 0 spiro atoms. The second kappa shape index (κ2) is 6.72. The van der Waals surface area contributed by atoms with Gasteiger partial charge in [0.05, 0.1) is 10.6 Å². The maximum atomic E-state index is 12.9. The van der Waals surface area contributed by atoms with Gasteiger partial charge in [0.2, 0.25) is 0 Å². The Labute approximate surface area is 154 Å². The van der Waals surface area contributed by atoms with Gasteiger partial charge in [0.15, 0.2) is 0 Å². The molecule has 0 saturated heterocycles. The van der Waals surface area contributed by atoms with Crippen LogP contribution in [0.2, 0.25) is 0 Å². The fourth-order valence-corrected chi connectivity index (χ4v) is 4.75. The van der Waals surface area contributed by atoms with Crippen LogP contribution in [0, 0.1) is 0 Å². The molecule has 4 rings (SSSR count). The number of thiazole rings is 1. The number of amides is 1. The lowest BCUT2D eigenvalue weighted by Crippen LogP contribution is -2.36. The van der Waals surface area contributed by atoms with Gasteiger partial charge in [-0.15, -0.1) is 22.7 Å². The Morgan fingerprint density at radius 2 is 2.32 bits per heavy atom. The number of nitrogens with zero attached hydrogens (tertiary/aromatic N) is 3. The lowest BCUT2D eigenvalue weighted by Gasteiger charge is -2.27. The van der Waals surface area contributed by atoms with E-state index in [1.165, 1.54) is 22.6 Å². The van der Waals surface area contributed by atoms with E-state index >= 15 is 0 Å². The molecule has 1 unspecified atom stereocenters. The molecular weight excluding hydrogens is 352 g/mol. The van der Waals surface area contributed by atoms with E-state index in [1.807, 2.05) is 27.8 Å². The summed E-state index contributed by atoms with van der Waals surface area (Å²) < 4.78 is 0. The maximum Gasteiger partial charge on any atom is 0.273 e. The monoisotopic (exact) mass is 372 g/mol. The second-order valence-electron chi connectivity index (χ2n) is 6.37. The molecule has 4 heterocycles. The van der Waals surface area contributed by atoms with Crippen LogP contribution in [0.4, 0.5) is 0 Å². The van der Waals surface area contributed by atoms with Gasteiger partial charge in [0.1, 0.15) is 10.7 Å². The molecule has 0 radical (unpaired) electrons. The number of thiophene rings is 1. The van der Waals surface area contributed by atoms with Gasteiger partial charge in [-0.2, -0.15) is 5.10 Å². The Hall–Kier alpha value is -1.99. The molecule has 7 heteroatoms. The summed E-state index contributed by atoms with van der Waals surface area (Å²) in [6, 6.07) is 4.04. The van der Waals surface area contributed by atoms with Crippen molar-refractivity contribution >= 4 is 28.6 Å². The predicted molar refractivity (Wildman–Crippen MR) is 101 cm³/mol. The van der Waals surface area contributed by atoms with Crippen LogP contribution in [0.3, 0.4) is 0 Å². The van der Waals surface area contributed by atoms with Crippen molar-refractivity contribution in [2.45, 2.75) is 39.2 Å². The van der Waals surface area contributed by atoms with E-state index in [2.05, 4.69) is 29.0 Å². The molecule has 1 atom stereocenters. The van der Waals surface area contributed by atoms with Gasteiger partial charge in [-0.25, -0.2) is 4.98 Å². The maximum absolute atomic E-state index is 12.9. The summed E-state index contributed by atoms with van der Waals surface area (Å²) in [5, 5.41) is 12.5. The smallest absolute Gasteiger partial charge is 0.273 e. The number of hydrogen-bond donors (Lipinski definition) is 1. The third-order valence-electron chi connectivity index (χ3n) is 4.79. The fourth-order valence-electron chi connectivity index (χ4n) is 3.14. The minimum atomic E-state index is 0.0148. The van der Waals surface area contributed by atoms with Crippen LogP contribution < -0.4 is 0 Å². The summed E-state index contributed by atoms with van der Waals surface area (Å²) in [4.78, 5) is 20.5. The van der Waals surface area contributed by atoms with Crippen molar-refractivity contribution < 1.29 is 4.79 Å². The summed E-state index contributed by atoms with van der Waals surface area (Å²) in [5.41, 5.74) is 4.03. The van der Waals surface area contributed by atoms with Gasteiger partial charge in [0, 0.05) is 42.1 Å². The Balaban J connectivity index is 1.55. The highest BCUT2D eigenvalue weighted by atomic mass is 32.1. The lowest BCUT2D eigenvalue weighted by molar-refractivity contribution is 0.0728. The minimum absolute atomic E-state index is 0.0148. The molecular formula is C18H20N4OS2. The van der Waals surface area contributed by atoms with Crippen LogP contribution in [0.1, 0.15) is 53.6 Å². The molecule has 0 saturated carbocycles. The topological polar surface area (TPSA) is 61.9 Å². The SMILES string of the molecule is CCC(C)c1n[nH]c2c1CN(C(=O)c1csc(-c3cccs3)n1)CC2. The zero-order chi connectivity index (χ0) is 17.4. The number of nitrogens with one attached hydrogen (secondary N) is 1. The summed E-state index contributed by atoms with van der Waals surface area (Å²) in [5.74, 6) is 0.417. The molecule has 1 amide bonds. The van der Waals surface area contributed by atoms with E-state index in [-0.39, 0.29) is 5.91 Å². The van der Waals surface area contributed by atoms with Crippen LogP contribution >= 0.6 is 22.7 Å². The van der Waals surface area contributed by atoms with Crippen molar-refractivity contribution in [1.29, 1.82) is 0 Å². The quantitative estimate of drug-likeness (QED) is 0.742. The number of carbonyl (C=O) groups is 1. The van der Waals surface area contributed by atoms with Crippen LogP contribution in [0.25, 0.3) is 9.88 Å². The Morgan fingerprint density at radius 1 is 1.44 bits per heavy atom. The number of rotatable bonds is 4. The number of fused-ring (bicyclic) bond motifs is 1. The lowest BCUT2D eigenvalue weighted by atomic mass is 9.96. The third-order valence-corrected chi connectivity index (χ3v) is 6.67. The van der Waals surface area contributed by atoms with E-state index in [4.69, 9.17) is 0 Å². The molecule has 3 aromatic rings. The van der Waals surface area contributed by atoms with E-state index in [1.54, 1.807) is 11.3 Å². The van der Waals surface area contributed by atoms with Crippen LogP contribution in [-0.4, -0.2) is 32.5 Å². The minimum Gasteiger partial charge on any atom is -0.332 e. The van der Waals surface area contributed by atoms with Gasteiger partial charge in [-0.1, -0.05) is 19.9 Å². The molecule has 25 heavy (non-hydrogen) atoms. The van der Waals surface area contributed by atoms with Crippen molar-refractivity contribution in [2.24, 2.45) is 0 Å². The van der Waals surface area contributed by atoms with Crippen LogP contribution in [0.15, 0.2) is 22.9 Å². The zero-order valence-electron chi connectivity index (χ0n) is 14.3. The first-order valence-corrected chi connectivity index (χ1v) is 10.3. The molecule has 5 nitrogen and oxygen atoms in total. The molecule has 3 aromatic heterocycles. The zero-order valence-corrected chi connectivity index (χ0v) is 15.9. The Morgan fingerprint density at radius 3 is 3.08 bits per heavy atom. The van der Waals surface area contributed by atoms with Crippen LogP contribution in [0.5, 0.6) is 0 Å². The molecule has 0 aromatic carbocycles. The Kier molecular flexibility index (Phi) is 4.43. The molecule has 1 aliphatic heterocycles. The van der Waals surface area contributed by atoms with Gasteiger partial charge in [-0.3, -0.25) is 9.89 Å². The van der Waals surface area contributed by atoms with E-state index in [0.29, 0.717) is 24.7 Å². The number of carbonyl (C=O) groups excluding carboxylic acids is 1. The normalized spacial score (nSPS) is 15.2. The molecule has 0 fully saturated rings. The second-order valence-corrected chi connectivity index (χ2v) is 8.17. The van der Waals surface area contributed by atoms with Crippen molar-refractivity contribution in [2.75, 3.05) is 6.54 Å². The van der Waals surface area contributed by atoms with Gasteiger partial charge < -0.3 is 4.90 Å². The van der Waals surface area contributed by atoms with E-state index in [0.717, 1.165) is 28.4 Å². The van der Waals surface area contributed by atoms with Gasteiger partial charge in [-0.05, 0) is 17.9 Å². The van der Waals surface area contributed by atoms with Crippen molar-refractivity contribution in [3.05, 3.63) is 45.5 Å². The van der Waals surface area contributed by atoms with Gasteiger partial charge in [0.25, 0.3) is 5.91 Å². The fraction of sp³-hybridized carbons (Fsp3) is 0.389. The Bertz CT molecular complexity index is 881. The number of hydrogen-bond acceptors (Lipinski definition) is 5. The van der Waals surface area contributed by atoms with Crippen molar-refractivity contribution in [1.82, 2.24) is 20.1 Å². The molecule has 0 bridgehead atoms. The highest BCUT2D eigenvalue weighted by molar-refractivity contribution is 7.20. The largest absolute Gasteiger partial charge is 0.332 e. The number of H-pyrrole nitrogens is 1.